The van der Waals surface area contributed by atoms with Crippen LogP contribution >= 0.6 is 0 Å². The Kier molecular flexibility index (Phi) is 33.7. The van der Waals surface area contributed by atoms with E-state index < -0.39 is 23.4 Å². The van der Waals surface area contributed by atoms with Gasteiger partial charge in [-0.05, 0) is 19.3 Å². The van der Waals surface area contributed by atoms with Crippen molar-refractivity contribution in [3.05, 3.63) is 0 Å². The summed E-state index contributed by atoms with van der Waals surface area (Å²) in [4.78, 5) is 40.0. The molecule has 0 aliphatic carbocycles. The van der Waals surface area contributed by atoms with Crippen molar-refractivity contribution in [2.75, 3.05) is 6.54 Å². The number of carboxylic acids is 1. The monoisotopic (exact) mass is 656 g/mol. The van der Waals surface area contributed by atoms with E-state index in [9.17, 15) is 24.6 Å². The van der Waals surface area contributed by atoms with Crippen molar-refractivity contribution in [3.8, 4) is 0 Å². The first kappa shape index (κ1) is 47.7. The minimum Gasteiger partial charge on any atom is -1.00 e. The zero-order chi connectivity index (χ0) is 31.6. The molecule has 1 fully saturated rings. The third kappa shape index (κ3) is 20.0. The van der Waals surface area contributed by atoms with E-state index in [1.165, 1.54) is 127 Å². The summed E-state index contributed by atoms with van der Waals surface area (Å²) < 4.78 is 0. The number of aliphatic hydroxyl groups excluding tert-OH is 1. The molecule has 1 amide bonds. The Morgan fingerprint density at radius 2 is 0.889 bits per heavy atom. The standard InChI is InChI=1S/C37H69NO5.2Na.2H/c1-3-5-7-9-11-13-15-17-19-21-23-25-27-29-33(39)37(36(42)43)34(40)31-32-38(37)35(41)30-28-26-24-22-20-18-16-14-12-10-8-6-4-2;;;;/h34,40H,3-32H2,1-2H3,(H,42,43);;;;/q;2*+1;2*-1. The average Bonchev–Trinajstić information content (AvgIpc) is 3.35. The average molecular weight is 656 g/mol. The van der Waals surface area contributed by atoms with Gasteiger partial charge in [-0.1, -0.05) is 168 Å². The molecule has 2 unspecified atom stereocenters. The van der Waals surface area contributed by atoms with E-state index in [1.54, 1.807) is 0 Å². The summed E-state index contributed by atoms with van der Waals surface area (Å²) >= 11 is 0. The molecule has 256 valence electrons. The van der Waals surface area contributed by atoms with Crippen LogP contribution < -0.4 is 59.1 Å². The number of nitrogens with zero attached hydrogens (tertiary/aromatic N) is 1. The molecular formula is C37H71NNa2O5. The molecule has 1 saturated heterocycles. The maximum atomic E-state index is 13.3. The van der Waals surface area contributed by atoms with E-state index in [2.05, 4.69) is 13.8 Å². The van der Waals surface area contributed by atoms with Gasteiger partial charge in [0.05, 0.1) is 6.10 Å². The van der Waals surface area contributed by atoms with E-state index in [-0.39, 0.29) is 93.7 Å². The quantitative estimate of drug-likeness (QED) is 0.0689. The van der Waals surface area contributed by atoms with Gasteiger partial charge < -0.3 is 18.0 Å². The summed E-state index contributed by atoms with van der Waals surface area (Å²) in [6, 6.07) is 0. The largest absolute Gasteiger partial charge is 1.00 e. The van der Waals surface area contributed by atoms with E-state index in [0.717, 1.165) is 32.1 Å². The molecule has 0 aromatic rings. The number of aliphatic carboxylic acids is 1. The molecule has 0 spiro atoms. The van der Waals surface area contributed by atoms with E-state index in [1.807, 2.05) is 0 Å². The number of hydrogen-bond donors (Lipinski definition) is 2. The molecule has 0 saturated carbocycles. The van der Waals surface area contributed by atoms with Crippen LogP contribution in [0.1, 0.15) is 203 Å². The Morgan fingerprint density at radius 1 is 0.578 bits per heavy atom. The normalized spacial score (nSPS) is 17.6. The predicted octanol–water partition coefficient (Wildman–Crippen LogP) is 4.17. The molecule has 2 N–H and O–H groups in total. The molecule has 1 aliphatic rings. The smallest absolute Gasteiger partial charge is 1.00 e. The first-order chi connectivity index (χ1) is 20.9. The number of carbonyl (C=O) groups is 3. The summed E-state index contributed by atoms with van der Waals surface area (Å²) in [7, 11) is 0. The number of carboxylic acid groups (broad SMARTS) is 1. The van der Waals surface area contributed by atoms with Crippen molar-refractivity contribution in [2.45, 2.75) is 212 Å². The minimum absolute atomic E-state index is 0. The van der Waals surface area contributed by atoms with E-state index in [4.69, 9.17) is 0 Å². The Hall–Kier alpha value is 0.570. The number of rotatable bonds is 30. The van der Waals surface area contributed by atoms with Crippen molar-refractivity contribution < 1.29 is 86.6 Å². The fraction of sp³-hybridized carbons (Fsp3) is 0.919. The first-order valence-electron chi connectivity index (χ1n) is 18.7. The SMILES string of the molecule is CCCCCCCCCCCCCCCC(=O)N1CCC(O)C1(C(=O)O)C(=O)CCCCCCCCCCCCCCC.[H-].[H-].[Na+].[Na+]. The molecule has 1 aliphatic heterocycles. The molecular weight excluding hydrogens is 584 g/mol. The fourth-order valence-corrected chi connectivity index (χ4v) is 6.77. The topological polar surface area (TPSA) is 94.9 Å². The summed E-state index contributed by atoms with van der Waals surface area (Å²) in [6.07, 6.45) is 30.4. The second kappa shape index (κ2) is 31.8. The van der Waals surface area contributed by atoms with Crippen LogP contribution in [-0.2, 0) is 14.4 Å². The molecule has 2 atom stereocenters. The number of likely N-dealkylation sites (tertiary alicyclic amines) is 1. The second-order valence-electron chi connectivity index (χ2n) is 13.3. The van der Waals surface area contributed by atoms with Gasteiger partial charge in [-0.3, -0.25) is 9.59 Å². The molecule has 0 aromatic carbocycles. The zero-order valence-electron chi connectivity index (χ0n) is 32.4. The maximum absolute atomic E-state index is 13.3. The van der Waals surface area contributed by atoms with Crippen LogP contribution in [0.3, 0.4) is 0 Å². The number of aliphatic hydroxyl groups is 1. The Balaban J connectivity index is -0.00000231. The van der Waals surface area contributed by atoms with Crippen molar-refractivity contribution >= 4 is 17.7 Å². The third-order valence-corrected chi connectivity index (χ3v) is 9.59. The van der Waals surface area contributed by atoms with Crippen LogP contribution in [0, 0.1) is 0 Å². The number of amides is 1. The van der Waals surface area contributed by atoms with Crippen LogP contribution in [-0.4, -0.2) is 51.0 Å². The van der Waals surface area contributed by atoms with Gasteiger partial charge >= 0.3 is 65.1 Å². The van der Waals surface area contributed by atoms with Crippen LogP contribution in [0.25, 0.3) is 0 Å². The third-order valence-electron chi connectivity index (χ3n) is 9.59. The molecule has 1 heterocycles. The molecule has 0 bridgehead atoms. The molecule has 1 rings (SSSR count). The molecule has 0 aromatic heterocycles. The number of unbranched alkanes of at least 4 members (excludes halogenated alkanes) is 24. The minimum atomic E-state index is -2.11. The van der Waals surface area contributed by atoms with Crippen LogP contribution in [0.5, 0.6) is 0 Å². The van der Waals surface area contributed by atoms with Gasteiger partial charge in [-0.15, -0.1) is 0 Å². The molecule has 8 heteroatoms. The van der Waals surface area contributed by atoms with Crippen molar-refractivity contribution in [3.63, 3.8) is 0 Å². The fourth-order valence-electron chi connectivity index (χ4n) is 6.77. The Bertz CT molecular complexity index is 750. The number of carbonyl (C=O) groups excluding carboxylic acids is 2. The van der Waals surface area contributed by atoms with Gasteiger partial charge in [0.25, 0.3) is 0 Å². The summed E-state index contributed by atoms with van der Waals surface area (Å²) in [5.41, 5.74) is -2.11. The van der Waals surface area contributed by atoms with Gasteiger partial charge in [0.1, 0.15) is 0 Å². The van der Waals surface area contributed by atoms with Gasteiger partial charge in [-0.25, -0.2) is 4.79 Å². The Morgan fingerprint density at radius 3 is 1.22 bits per heavy atom. The molecule has 6 nitrogen and oxygen atoms in total. The maximum Gasteiger partial charge on any atom is 1.00 e. The van der Waals surface area contributed by atoms with Crippen molar-refractivity contribution in [1.82, 2.24) is 4.90 Å². The van der Waals surface area contributed by atoms with Crippen LogP contribution in [0.15, 0.2) is 0 Å². The van der Waals surface area contributed by atoms with Crippen molar-refractivity contribution in [2.24, 2.45) is 0 Å². The van der Waals surface area contributed by atoms with Gasteiger partial charge in [0, 0.05) is 19.4 Å². The van der Waals surface area contributed by atoms with Gasteiger partial charge in [0.15, 0.2) is 5.78 Å². The van der Waals surface area contributed by atoms with Crippen LogP contribution in [0.2, 0.25) is 0 Å². The summed E-state index contributed by atoms with van der Waals surface area (Å²) in [5, 5.41) is 20.8. The first-order valence-corrected chi connectivity index (χ1v) is 18.7. The second-order valence-corrected chi connectivity index (χ2v) is 13.3. The van der Waals surface area contributed by atoms with Crippen LogP contribution in [0.4, 0.5) is 0 Å². The molecule has 0 radical (unpaired) electrons. The summed E-state index contributed by atoms with van der Waals surface area (Å²) in [5.74, 6) is -2.19. The predicted molar refractivity (Wildman–Crippen MR) is 181 cm³/mol. The van der Waals surface area contributed by atoms with Gasteiger partial charge in [0.2, 0.25) is 11.4 Å². The van der Waals surface area contributed by atoms with E-state index >= 15 is 0 Å². The number of ketones is 1. The van der Waals surface area contributed by atoms with Crippen molar-refractivity contribution in [1.29, 1.82) is 0 Å². The molecule has 45 heavy (non-hydrogen) atoms. The number of Topliss-reactive ketones (excluding diaryl/α,β-unsaturated/α-hetero) is 1. The number of hydrogen-bond acceptors (Lipinski definition) is 4. The zero-order valence-corrected chi connectivity index (χ0v) is 34.4. The van der Waals surface area contributed by atoms with E-state index in [0.29, 0.717) is 12.8 Å². The Labute approximate surface area is 325 Å². The summed E-state index contributed by atoms with van der Waals surface area (Å²) in [6.45, 7) is 4.63. The van der Waals surface area contributed by atoms with Gasteiger partial charge in [-0.2, -0.15) is 0 Å².